The van der Waals surface area contributed by atoms with Gasteiger partial charge in [0.25, 0.3) is 0 Å². The number of hydrogen-bond donors (Lipinski definition) is 0. The van der Waals surface area contributed by atoms with Crippen molar-refractivity contribution in [2.45, 2.75) is 64.5 Å². The van der Waals surface area contributed by atoms with Crippen LogP contribution in [-0.2, 0) is 16.8 Å². The van der Waals surface area contributed by atoms with Crippen molar-refractivity contribution in [3.8, 4) is 0 Å². The molecule has 3 rings (SSSR count). The summed E-state index contributed by atoms with van der Waals surface area (Å²) in [7, 11) is 0. The van der Waals surface area contributed by atoms with Crippen molar-refractivity contribution in [3.63, 3.8) is 0 Å². The van der Waals surface area contributed by atoms with Crippen LogP contribution < -0.4 is 0 Å². The summed E-state index contributed by atoms with van der Waals surface area (Å²) in [6.45, 7) is 9.80. The number of amides is 1. The van der Waals surface area contributed by atoms with Crippen LogP contribution >= 0.6 is 0 Å². The summed E-state index contributed by atoms with van der Waals surface area (Å²) in [5.74, 6) is 1.76. The van der Waals surface area contributed by atoms with Crippen molar-refractivity contribution in [1.82, 2.24) is 19.9 Å². The zero-order valence-corrected chi connectivity index (χ0v) is 13.8. The van der Waals surface area contributed by atoms with Crippen LogP contribution in [0.25, 0.3) is 0 Å². The van der Waals surface area contributed by atoms with Crippen molar-refractivity contribution in [2.75, 3.05) is 19.6 Å². The van der Waals surface area contributed by atoms with Gasteiger partial charge in [-0.05, 0) is 25.8 Å². The van der Waals surface area contributed by atoms with E-state index in [4.69, 9.17) is 4.52 Å². The molecule has 0 bridgehead atoms. The molecule has 2 aliphatic rings. The molecule has 0 saturated carbocycles. The lowest BCUT2D eigenvalue weighted by Crippen LogP contribution is -2.48. The number of likely N-dealkylation sites (tertiary alicyclic amines) is 2. The Kier molecular flexibility index (Phi) is 4.21. The van der Waals surface area contributed by atoms with E-state index >= 15 is 0 Å². The molecule has 6 nitrogen and oxygen atoms in total. The first-order valence-corrected chi connectivity index (χ1v) is 8.28. The molecule has 122 valence electrons. The van der Waals surface area contributed by atoms with Gasteiger partial charge in [-0.15, -0.1) is 0 Å². The lowest BCUT2D eigenvalue weighted by Gasteiger charge is -2.37. The van der Waals surface area contributed by atoms with Gasteiger partial charge in [-0.3, -0.25) is 9.69 Å². The zero-order valence-electron chi connectivity index (χ0n) is 13.8. The maximum Gasteiger partial charge on any atom is 0.232 e. The highest BCUT2D eigenvalue weighted by molar-refractivity contribution is 5.78. The van der Waals surface area contributed by atoms with Gasteiger partial charge in [-0.2, -0.15) is 4.98 Å². The second kappa shape index (κ2) is 5.99. The number of carbonyl (C=O) groups excluding carboxylic acids is 1. The number of rotatable bonds is 3. The van der Waals surface area contributed by atoms with Crippen LogP contribution in [0.1, 0.15) is 58.2 Å². The highest BCUT2D eigenvalue weighted by Gasteiger charge is 2.32. The molecule has 2 saturated heterocycles. The van der Waals surface area contributed by atoms with Crippen molar-refractivity contribution >= 4 is 5.91 Å². The van der Waals surface area contributed by atoms with Gasteiger partial charge in [0.05, 0.1) is 6.54 Å². The summed E-state index contributed by atoms with van der Waals surface area (Å²) in [5.41, 5.74) is -0.113. The average Bonchev–Trinajstić information content (AvgIpc) is 3.07. The van der Waals surface area contributed by atoms with E-state index < -0.39 is 0 Å². The Balaban J connectivity index is 1.60. The van der Waals surface area contributed by atoms with Crippen molar-refractivity contribution in [1.29, 1.82) is 0 Å². The third-order valence-corrected chi connectivity index (χ3v) is 4.51. The van der Waals surface area contributed by atoms with Crippen LogP contribution in [0, 0.1) is 0 Å². The fraction of sp³-hybridized carbons (Fsp3) is 0.812. The highest BCUT2D eigenvalue weighted by atomic mass is 16.5. The number of aromatic nitrogens is 2. The minimum Gasteiger partial charge on any atom is -0.339 e. The Hall–Kier alpha value is -1.43. The maximum absolute atomic E-state index is 11.9. The van der Waals surface area contributed by atoms with Crippen LogP contribution in [0.3, 0.4) is 0 Å². The lowest BCUT2D eigenvalue weighted by atomic mass is 9.97. The van der Waals surface area contributed by atoms with Gasteiger partial charge < -0.3 is 9.42 Å². The van der Waals surface area contributed by atoms with Crippen LogP contribution in [0.5, 0.6) is 0 Å². The minimum atomic E-state index is -0.113. The van der Waals surface area contributed by atoms with Gasteiger partial charge in [0, 0.05) is 31.0 Å². The predicted octanol–water partition coefficient (Wildman–Crippen LogP) is 1.95. The van der Waals surface area contributed by atoms with Gasteiger partial charge in [0.15, 0.2) is 5.82 Å². The summed E-state index contributed by atoms with van der Waals surface area (Å²) >= 11 is 0. The second-order valence-electron chi connectivity index (χ2n) is 7.49. The lowest BCUT2D eigenvalue weighted by molar-refractivity contribution is -0.130. The predicted molar refractivity (Wildman–Crippen MR) is 82.2 cm³/mol. The molecule has 0 radical (unpaired) electrons. The summed E-state index contributed by atoms with van der Waals surface area (Å²) in [4.78, 5) is 20.8. The quantitative estimate of drug-likeness (QED) is 0.854. The molecule has 22 heavy (non-hydrogen) atoms. The van der Waals surface area contributed by atoms with Gasteiger partial charge in [0.2, 0.25) is 11.8 Å². The normalized spacial score (nSPS) is 24.2. The molecule has 2 aliphatic heterocycles. The maximum atomic E-state index is 11.9. The number of piperidine rings is 1. The van der Waals surface area contributed by atoms with E-state index in [0.29, 0.717) is 24.4 Å². The Labute approximate surface area is 131 Å². The average molecular weight is 306 g/mol. The summed E-state index contributed by atoms with van der Waals surface area (Å²) < 4.78 is 5.36. The Morgan fingerprint density at radius 1 is 1.27 bits per heavy atom. The molecule has 0 spiro atoms. The third-order valence-electron chi connectivity index (χ3n) is 4.51. The standard InChI is InChI=1S/C16H26N4O2/c1-16(2,3)15-17-13(18-22-15)11-19-8-4-6-12(10-19)20-9-5-7-14(20)21/h12H,4-11H2,1-3H3. The van der Waals surface area contributed by atoms with Gasteiger partial charge in [-0.25, -0.2) is 0 Å². The third kappa shape index (κ3) is 3.32. The Bertz CT molecular complexity index is 534. The minimum absolute atomic E-state index is 0.113. The SMILES string of the molecule is CC(C)(C)c1nc(CN2CCCC(N3CCCC3=O)C2)no1. The van der Waals surface area contributed by atoms with Crippen molar-refractivity contribution in [2.24, 2.45) is 0 Å². The largest absolute Gasteiger partial charge is 0.339 e. The highest BCUT2D eigenvalue weighted by Crippen LogP contribution is 2.23. The molecule has 1 aromatic rings. The molecule has 1 amide bonds. The van der Waals surface area contributed by atoms with E-state index in [1.807, 2.05) is 0 Å². The molecular weight excluding hydrogens is 280 g/mol. The number of hydrogen-bond acceptors (Lipinski definition) is 5. The number of carbonyl (C=O) groups is 1. The monoisotopic (exact) mass is 306 g/mol. The van der Waals surface area contributed by atoms with Crippen LogP contribution in [0.4, 0.5) is 0 Å². The molecule has 2 fully saturated rings. The van der Waals surface area contributed by atoms with Crippen molar-refractivity contribution in [3.05, 3.63) is 11.7 Å². The molecule has 0 aliphatic carbocycles. The summed E-state index contributed by atoms with van der Waals surface area (Å²) in [5, 5.41) is 4.11. The molecule has 1 atom stereocenters. The molecule has 1 unspecified atom stereocenters. The fourth-order valence-electron chi connectivity index (χ4n) is 3.31. The van der Waals surface area contributed by atoms with Crippen LogP contribution in [0.2, 0.25) is 0 Å². The van der Waals surface area contributed by atoms with E-state index in [2.05, 4.69) is 40.7 Å². The molecule has 1 aromatic heterocycles. The molecule has 3 heterocycles. The topological polar surface area (TPSA) is 62.5 Å². The van der Waals surface area contributed by atoms with E-state index in [-0.39, 0.29) is 5.41 Å². The van der Waals surface area contributed by atoms with Crippen molar-refractivity contribution < 1.29 is 9.32 Å². The van der Waals surface area contributed by atoms with Crippen LogP contribution in [-0.4, -0.2) is 51.5 Å². The van der Waals surface area contributed by atoms with Gasteiger partial charge in [-0.1, -0.05) is 25.9 Å². The summed E-state index contributed by atoms with van der Waals surface area (Å²) in [6.07, 6.45) is 3.96. The molecule has 0 aromatic carbocycles. The number of nitrogens with zero attached hydrogens (tertiary/aromatic N) is 4. The van der Waals surface area contributed by atoms with E-state index in [9.17, 15) is 4.79 Å². The molecular formula is C16H26N4O2. The van der Waals surface area contributed by atoms with Gasteiger partial charge in [0.1, 0.15) is 0 Å². The molecule has 6 heteroatoms. The smallest absolute Gasteiger partial charge is 0.232 e. The van der Waals surface area contributed by atoms with Crippen LogP contribution in [0.15, 0.2) is 4.52 Å². The first kappa shape index (κ1) is 15.5. The summed E-state index contributed by atoms with van der Waals surface area (Å²) in [6, 6.07) is 0.359. The Morgan fingerprint density at radius 2 is 2.09 bits per heavy atom. The van der Waals surface area contributed by atoms with E-state index in [0.717, 1.165) is 51.1 Å². The fourth-order valence-corrected chi connectivity index (χ4v) is 3.31. The zero-order chi connectivity index (χ0) is 15.7. The Morgan fingerprint density at radius 3 is 2.73 bits per heavy atom. The van der Waals surface area contributed by atoms with E-state index in [1.165, 1.54) is 0 Å². The second-order valence-corrected chi connectivity index (χ2v) is 7.49. The first-order valence-electron chi connectivity index (χ1n) is 8.28. The van der Waals surface area contributed by atoms with E-state index in [1.54, 1.807) is 0 Å². The van der Waals surface area contributed by atoms with Gasteiger partial charge >= 0.3 is 0 Å². The first-order chi connectivity index (χ1) is 10.4. The molecule has 0 N–H and O–H groups in total.